The lowest BCUT2D eigenvalue weighted by molar-refractivity contribution is -0.142. The molecule has 0 aliphatic heterocycles. The maximum Gasteiger partial charge on any atom is 0.310 e. The fourth-order valence-electron chi connectivity index (χ4n) is 5.22. The number of aromatic nitrogens is 2. The van der Waals surface area contributed by atoms with E-state index in [9.17, 15) is 18.7 Å². The van der Waals surface area contributed by atoms with E-state index in [1.165, 1.54) is 24.3 Å². The highest BCUT2D eigenvalue weighted by atomic mass is 19.1. The van der Waals surface area contributed by atoms with Crippen LogP contribution in [-0.2, 0) is 22.4 Å². The summed E-state index contributed by atoms with van der Waals surface area (Å²) in [5.74, 6) is 4.64. The molecule has 0 spiro atoms. The van der Waals surface area contributed by atoms with Crippen LogP contribution in [0.2, 0.25) is 0 Å². The Morgan fingerprint density at radius 3 is 2.75 bits per heavy atom. The van der Waals surface area contributed by atoms with E-state index in [0.29, 0.717) is 24.8 Å². The number of aliphatic hydroxyl groups is 1. The summed E-state index contributed by atoms with van der Waals surface area (Å²) < 4.78 is 34.7. The molecule has 0 radical (unpaired) electrons. The minimum absolute atomic E-state index is 0.164. The van der Waals surface area contributed by atoms with Gasteiger partial charge >= 0.3 is 5.97 Å². The van der Waals surface area contributed by atoms with Gasteiger partial charge in [0.2, 0.25) is 0 Å². The van der Waals surface area contributed by atoms with E-state index in [4.69, 9.17) is 4.74 Å². The molecule has 5 rings (SSSR count). The number of carbonyl (C=O) groups excluding carboxylic acids is 1. The van der Waals surface area contributed by atoms with Crippen molar-refractivity contribution in [3.63, 3.8) is 0 Å². The van der Waals surface area contributed by atoms with Gasteiger partial charge in [-0.15, -0.1) is 0 Å². The van der Waals surface area contributed by atoms with Crippen LogP contribution >= 0.6 is 0 Å². The van der Waals surface area contributed by atoms with E-state index in [-0.39, 0.29) is 24.4 Å². The van der Waals surface area contributed by atoms with Gasteiger partial charge in [0.15, 0.2) is 0 Å². The van der Waals surface area contributed by atoms with Crippen LogP contribution in [0.25, 0.3) is 11.8 Å². The number of esters is 1. The van der Waals surface area contributed by atoms with Crippen molar-refractivity contribution in [2.75, 3.05) is 6.61 Å². The molecule has 1 N–H and O–H groups in total. The van der Waals surface area contributed by atoms with Crippen LogP contribution in [0.1, 0.15) is 49.1 Å². The third kappa shape index (κ3) is 4.02. The Kier molecular flexibility index (Phi) is 6.01. The molecule has 2 aliphatic carbocycles. The number of halogens is 2. The predicted octanol–water partition coefficient (Wildman–Crippen LogP) is 4.78. The minimum Gasteiger partial charge on any atom is -0.466 e. The summed E-state index contributed by atoms with van der Waals surface area (Å²) in [5.41, 5.74) is 2.21. The molecule has 36 heavy (non-hydrogen) atoms. The average Bonchev–Trinajstić information content (AvgIpc) is 3.36. The second-order valence-corrected chi connectivity index (χ2v) is 9.48. The lowest BCUT2D eigenvalue weighted by Crippen LogP contribution is -2.44. The third-order valence-electron chi connectivity index (χ3n) is 7.34. The molecule has 1 aromatic heterocycles. The van der Waals surface area contributed by atoms with E-state index in [2.05, 4.69) is 16.9 Å². The molecule has 5 nitrogen and oxygen atoms in total. The normalized spacial score (nSPS) is 22.2. The molecule has 1 heterocycles. The third-order valence-corrected chi connectivity index (χ3v) is 7.34. The summed E-state index contributed by atoms with van der Waals surface area (Å²) in [6.45, 7) is 3.89. The molecule has 1 saturated carbocycles. The Labute approximate surface area is 208 Å². The Bertz CT molecular complexity index is 1430. The molecule has 3 aromatic rings. The molecule has 2 aliphatic rings. The highest BCUT2D eigenvalue weighted by Crippen LogP contribution is 2.55. The van der Waals surface area contributed by atoms with Gasteiger partial charge in [-0.1, -0.05) is 30.4 Å². The van der Waals surface area contributed by atoms with Gasteiger partial charge in [-0.3, -0.25) is 4.79 Å². The van der Waals surface area contributed by atoms with Crippen molar-refractivity contribution >= 4 is 12.0 Å². The van der Waals surface area contributed by atoms with Gasteiger partial charge in [-0.25, -0.2) is 13.5 Å². The highest BCUT2D eigenvalue weighted by molar-refractivity contribution is 5.74. The largest absolute Gasteiger partial charge is 0.466 e. The molecule has 7 heteroatoms. The van der Waals surface area contributed by atoms with Gasteiger partial charge in [0.25, 0.3) is 0 Å². The SMILES string of the molecule is CCOC(=O)Cc1c(F)cccc1C#C[C@]1(O)CCC2=Cc3c(cnn3-c3ccc(F)cc3)C[C@@]21C. The zero-order valence-electron chi connectivity index (χ0n) is 20.1. The van der Waals surface area contributed by atoms with E-state index in [0.717, 1.165) is 22.5 Å². The number of hydrogen-bond acceptors (Lipinski definition) is 4. The number of fused-ring (bicyclic) bond motifs is 2. The van der Waals surface area contributed by atoms with Crippen molar-refractivity contribution in [2.24, 2.45) is 5.41 Å². The lowest BCUT2D eigenvalue weighted by atomic mass is 9.67. The zero-order valence-corrected chi connectivity index (χ0v) is 20.1. The van der Waals surface area contributed by atoms with Crippen molar-refractivity contribution in [2.45, 2.75) is 45.1 Å². The summed E-state index contributed by atoms with van der Waals surface area (Å²) in [6, 6.07) is 10.6. The van der Waals surface area contributed by atoms with Crippen molar-refractivity contribution in [3.05, 3.63) is 88.3 Å². The molecule has 0 saturated heterocycles. The van der Waals surface area contributed by atoms with E-state index < -0.39 is 22.8 Å². The van der Waals surface area contributed by atoms with Crippen LogP contribution in [0, 0.1) is 28.9 Å². The second-order valence-electron chi connectivity index (χ2n) is 9.48. The molecule has 1 fully saturated rings. The average molecular weight is 489 g/mol. The first-order valence-electron chi connectivity index (χ1n) is 12.0. The second kappa shape index (κ2) is 9.03. The van der Waals surface area contributed by atoms with Crippen LogP contribution in [0.15, 0.2) is 54.2 Å². The van der Waals surface area contributed by atoms with Crippen LogP contribution < -0.4 is 0 Å². The van der Waals surface area contributed by atoms with Gasteiger partial charge in [0.05, 0.1) is 30.6 Å². The summed E-state index contributed by atoms with van der Waals surface area (Å²) in [6.07, 6.45) is 5.20. The number of hydrogen-bond donors (Lipinski definition) is 1. The number of ether oxygens (including phenoxy) is 1. The molecular weight excluding hydrogens is 462 g/mol. The van der Waals surface area contributed by atoms with Gasteiger partial charge < -0.3 is 9.84 Å². The van der Waals surface area contributed by atoms with Crippen molar-refractivity contribution in [3.8, 4) is 17.5 Å². The Hall–Kier alpha value is -3.76. The van der Waals surface area contributed by atoms with Crippen molar-refractivity contribution in [1.29, 1.82) is 0 Å². The zero-order chi connectivity index (χ0) is 25.5. The molecular formula is C29H26F2N2O3. The highest BCUT2D eigenvalue weighted by Gasteiger charge is 2.54. The van der Waals surface area contributed by atoms with Gasteiger partial charge in [-0.05, 0) is 74.2 Å². The Balaban J connectivity index is 1.48. The number of rotatable bonds is 4. The number of nitrogens with zero attached hydrogens (tertiary/aromatic N) is 2. The van der Waals surface area contributed by atoms with Crippen molar-refractivity contribution < 1.29 is 23.4 Å². The maximum atomic E-state index is 14.5. The molecule has 0 amide bonds. The van der Waals surface area contributed by atoms with E-state index >= 15 is 0 Å². The van der Waals surface area contributed by atoms with Gasteiger partial charge in [0.1, 0.15) is 17.2 Å². The summed E-state index contributed by atoms with van der Waals surface area (Å²) in [4.78, 5) is 12.0. The number of carbonyl (C=O) groups is 1. The smallest absolute Gasteiger partial charge is 0.310 e. The molecule has 184 valence electrons. The van der Waals surface area contributed by atoms with Crippen LogP contribution in [0.5, 0.6) is 0 Å². The van der Waals surface area contributed by atoms with Crippen molar-refractivity contribution in [1.82, 2.24) is 9.78 Å². The van der Waals surface area contributed by atoms with Crippen LogP contribution in [-0.4, -0.2) is 33.1 Å². The number of benzene rings is 2. The topological polar surface area (TPSA) is 64.3 Å². The molecule has 0 bridgehead atoms. The minimum atomic E-state index is -1.35. The fraction of sp³-hybridized carbons (Fsp3) is 0.310. The molecule has 2 aromatic carbocycles. The lowest BCUT2D eigenvalue weighted by Gasteiger charge is -2.39. The summed E-state index contributed by atoms with van der Waals surface area (Å²) >= 11 is 0. The standard InChI is InChI=1S/C29H26F2N2O3/c1-3-36-27(34)16-24-19(5-4-6-25(24)31)11-13-29(35)14-12-21-15-26-20(17-28(21,29)2)18-32-33(26)23-9-7-22(30)8-10-23/h4-10,15,18,35H,3,12,14,16-17H2,1-2H3/t28-,29-/m0/s1. The molecule has 0 unspecified atom stereocenters. The van der Waals surface area contributed by atoms with Crippen LogP contribution in [0.4, 0.5) is 8.78 Å². The molecule has 2 atom stereocenters. The van der Waals surface area contributed by atoms with E-state index in [1.807, 2.05) is 13.0 Å². The van der Waals surface area contributed by atoms with E-state index in [1.54, 1.807) is 36.0 Å². The fourth-order valence-corrected chi connectivity index (χ4v) is 5.22. The quantitative estimate of drug-likeness (QED) is 0.424. The summed E-state index contributed by atoms with van der Waals surface area (Å²) in [7, 11) is 0. The Morgan fingerprint density at radius 1 is 1.22 bits per heavy atom. The first kappa shape index (κ1) is 24.0. The van der Waals surface area contributed by atoms with Gasteiger partial charge in [0, 0.05) is 16.5 Å². The summed E-state index contributed by atoms with van der Waals surface area (Å²) in [5, 5.41) is 16.3. The monoisotopic (exact) mass is 488 g/mol. The Morgan fingerprint density at radius 2 is 2.00 bits per heavy atom. The maximum absolute atomic E-state index is 14.5. The predicted molar refractivity (Wildman–Crippen MR) is 131 cm³/mol. The first-order chi connectivity index (χ1) is 17.2. The van der Waals surface area contributed by atoms with Crippen LogP contribution in [0.3, 0.4) is 0 Å². The van der Waals surface area contributed by atoms with Gasteiger partial charge in [-0.2, -0.15) is 5.10 Å². The first-order valence-corrected chi connectivity index (χ1v) is 12.0.